The van der Waals surface area contributed by atoms with Gasteiger partial charge in [0.1, 0.15) is 0 Å². The van der Waals surface area contributed by atoms with Gasteiger partial charge in [0.25, 0.3) is 0 Å². The average Bonchev–Trinajstić information content (AvgIpc) is 2.30. The molecular weight excluding hydrogens is 212 g/mol. The summed E-state index contributed by atoms with van der Waals surface area (Å²) in [6.07, 6.45) is 3.27. The molecule has 2 fully saturated rings. The molecule has 2 rings (SSSR count). The van der Waals surface area contributed by atoms with Crippen LogP contribution in [-0.2, 0) is 15.6 Å². The van der Waals surface area contributed by atoms with E-state index in [9.17, 15) is 9.00 Å². The lowest BCUT2D eigenvalue weighted by atomic mass is 10.0. The van der Waals surface area contributed by atoms with Crippen LogP contribution < -0.4 is 5.32 Å². The number of carbonyl (C=O) groups excluding carboxylic acids is 1. The largest absolute Gasteiger partial charge is 0.340 e. The fraction of sp³-hybridized carbons (Fsp3) is 0.900. The molecule has 0 radical (unpaired) electrons. The molecule has 0 spiro atoms. The Bertz CT molecular complexity index is 254. The van der Waals surface area contributed by atoms with Crippen molar-refractivity contribution in [1.29, 1.82) is 0 Å². The summed E-state index contributed by atoms with van der Waals surface area (Å²) in [5.74, 6) is 1.52. The molecule has 15 heavy (non-hydrogen) atoms. The van der Waals surface area contributed by atoms with Crippen molar-refractivity contribution in [1.82, 2.24) is 10.2 Å². The van der Waals surface area contributed by atoms with Gasteiger partial charge in [0, 0.05) is 35.4 Å². The smallest absolute Gasteiger partial charge is 0.239 e. The second kappa shape index (κ2) is 5.07. The van der Waals surface area contributed by atoms with Gasteiger partial charge in [-0.3, -0.25) is 9.00 Å². The lowest BCUT2D eigenvalue weighted by Gasteiger charge is -2.32. The van der Waals surface area contributed by atoms with Crippen molar-refractivity contribution in [3.63, 3.8) is 0 Å². The van der Waals surface area contributed by atoms with Gasteiger partial charge in [-0.05, 0) is 19.4 Å². The molecule has 2 aliphatic heterocycles. The molecule has 2 heterocycles. The van der Waals surface area contributed by atoms with Crippen molar-refractivity contribution in [3.8, 4) is 0 Å². The molecule has 0 aromatic rings. The van der Waals surface area contributed by atoms with Crippen LogP contribution in [-0.4, -0.2) is 52.2 Å². The summed E-state index contributed by atoms with van der Waals surface area (Å²) in [5, 5.41) is 3.26. The average molecular weight is 230 g/mol. The van der Waals surface area contributed by atoms with Crippen LogP contribution in [0.4, 0.5) is 0 Å². The van der Waals surface area contributed by atoms with E-state index in [4.69, 9.17) is 0 Å². The molecule has 0 aromatic heterocycles. The SMILES string of the molecule is O=C(C1CCCCN1)N1CCS(=O)CC1. The third-order valence-corrected chi connectivity index (χ3v) is 4.37. The number of carbonyl (C=O) groups is 1. The Labute approximate surface area is 92.9 Å². The molecule has 0 bridgehead atoms. The van der Waals surface area contributed by atoms with Crippen molar-refractivity contribution in [2.45, 2.75) is 25.3 Å². The zero-order valence-corrected chi connectivity index (χ0v) is 9.72. The van der Waals surface area contributed by atoms with E-state index < -0.39 is 10.8 Å². The molecule has 2 aliphatic rings. The summed E-state index contributed by atoms with van der Waals surface area (Å²) in [4.78, 5) is 13.9. The van der Waals surface area contributed by atoms with Crippen LogP contribution in [0, 0.1) is 0 Å². The Kier molecular flexibility index (Phi) is 3.75. The summed E-state index contributed by atoms with van der Waals surface area (Å²) in [7, 11) is -0.697. The predicted octanol–water partition coefficient (Wildman–Crippen LogP) is -0.281. The molecule has 1 N–H and O–H groups in total. The van der Waals surface area contributed by atoms with Gasteiger partial charge < -0.3 is 10.2 Å². The summed E-state index contributed by atoms with van der Waals surface area (Å²) >= 11 is 0. The zero-order valence-electron chi connectivity index (χ0n) is 8.91. The number of amides is 1. The quantitative estimate of drug-likeness (QED) is 0.674. The summed E-state index contributed by atoms with van der Waals surface area (Å²) in [6.45, 7) is 2.30. The molecule has 5 heteroatoms. The minimum absolute atomic E-state index is 0.0188. The molecule has 4 nitrogen and oxygen atoms in total. The maximum atomic E-state index is 12.0. The first kappa shape index (κ1) is 11.1. The molecule has 0 aliphatic carbocycles. The Morgan fingerprint density at radius 2 is 2.00 bits per heavy atom. The van der Waals surface area contributed by atoms with Crippen LogP contribution in [0.3, 0.4) is 0 Å². The minimum Gasteiger partial charge on any atom is -0.340 e. The normalized spacial score (nSPS) is 29.1. The van der Waals surface area contributed by atoms with E-state index in [0.29, 0.717) is 24.6 Å². The number of nitrogens with zero attached hydrogens (tertiary/aromatic N) is 1. The molecule has 0 saturated carbocycles. The van der Waals surface area contributed by atoms with E-state index in [0.717, 1.165) is 19.4 Å². The van der Waals surface area contributed by atoms with Crippen LogP contribution in [0.5, 0.6) is 0 Å². The summed E-state index contributed by atoms with van der Waals surface area (Å²) in [5.41, 5.74) is 0. The summed E-state index contributed by atoms with van der Waals surface area (Å²) < 4.78 is 11.2. The van der Waals surface area contributed by atoms with Crippen LogP contribution in [0.2, 0.25) is 0 Å². The maximum Gasteiger partial charge on any atom is 0.239 e. The van der Waals surface area contributed by atoms with E-state index in [1.165, 1.54) is 6.42 Å². The van der Waals surface area contributed by atoms with Gasteiger partial charge >= 0.3 is 0 Å². The van der Waals surface area contributed by atoms with Gasteiger partial charge in [-0.1, -0.05) is 6.42 Å². The predicted molar refractivity (Wildman–Crippen MR) is 60.1 cm³/mol. The number of rotatable bonds is 1. The highest BCUT2D eigenvalue weighted by molar-refractivity contribution is 7.85. The maximum absolute atomic E-state index is 12.0. The van der Waals surface area contributed by atoms with Crippen molar-refractivity contribution in [2.75, 3.05) is 31.1 Å². The molecule has 86 valence electrons. The van der Waals surface area contributed by atoms with Gasteiger partial charge in [-0.15, -0.1) is 0 Å². The topological polar surface area (TPSA) is 49.4 Å². The third kappa shape index (κ3) is 2.78. The first-order valence-electron chi connectivity index (χ1n) is 5.64. The van der Waals surface area contributed by atoms with Crippen molar-refractivity contribution in [3.05, 3.63) is 0 Å². The van der Waals surface area contributed by atoms with E-state index in [-0.39, 0.29) is 11.9 Å². The first-order chi connectivity index (χ1) is 7.27. The van der Waals surface area contributed by atoms with Crippen LogP contribution in [0.15, 0.2) is 0 Å². The fourth-order valence-corrected chi connectivity index (χ4v) is 3.19. The van der Waals surface area contributed by atoms with Crippen molar-refractivity contribution in [2.24, 2.45) is 0 Å². The number of hydrogen-bond donors (Lipinski definition) is 1. The van der Waals surface area contributed by atoms with Crippen LogP contribution in [0.25, 0.3) is 0 Å². The Hall–Kier alpha value is -0.420. The number of piperidine rings is 1. The Morgan fingerprint density at radius 3 is 2.60 bits per heavy atom. The van der Waals surface area contributed by atoms with E-state index in [2.05, 4.69) is 5.32 Å². The summed E-state index contributed by atoms with van der Waals surface area (Å²) in [6, 6.07) is 0.0188. The standard InChI is InChI=1S/C10H18N2O2S/c13-10(9-3-1-2-4-11-9)12-5-7-15(14)8-6-12/h9,11H,1-8H2. The molecular formula is C10H18N2O2S. The fourth-order valence-electron chi connectivity index (χ4n) is 2.14. The molecule has 1 unspecified atom stereocenters. The Balaban J connectivity index is 1.86. The lowest BCUT2D eigenvalue weighted by molar-refractivity contribution is -0.133. The molecule has 1 atom stereocenters. The molecule has 2 saturated heterocycles. The monoisotopic (exact) mass is 230 g/mol. The van der Waals surface area contributed by atoms with E-state index in [1.807, 2.05) is 4.90 Å². The van der Waals surface area contributed by atoms with Crippen molar-refractivity contribution < 1.29 is 9.00 Å². The zero-order chi connectivity index (χ0) is 10.7. The van der Waals surface area contributed by atoms with Gasteiger partial charge in [0.05, 0.1) is 6.04 Å². The second-order valence-electron chi connectivity index (χ2n) is 4.18. The van der Waals surface area contributed by atoms with Crippen LogP contribution >= 0.6 is 0 Å². The first-order valence-corrected chi connectivity index (χ1v) is 7.13. The van der Waals surface area contributed by atoms with Gasteiger partial charge in [0.15, 0.2) is 0 Å². The van der Waals surface area contributed by atoms with E-state index in [1.54, 1.807) is 0 Å². The highest BCUT2D eigenvalue weighted by atomic mass is 32.2. The highest BCUT2D eigenvalue weighted by Crippen LogP contribution is 2.11. The second-order valence-corrected chi connectivity index (χ2v) is 5.87. The van der Waals surface area contributed by atoms with Crippen molar-refractivity contribution >= 4 is 16.7 Å². The van der Waals surface area contributed by atoms with Gasteiger partial charge in [-0.2, -0.15) is 0 Å². The number of nitrogens with one attached hydrogen (secondary N) is 1. The molecule has 1 amide bonds. The highest BCUT2D eigenvalue weighted by Gasteiger charge is 2.27. The van der Waals surface area contributed by atoms with Gasteiger partial charge in [-0.25, -0.2) is 0 Å². The lowest BCUT2D eigenvalue weighted by Crippen LogP contribution is -2.52. The van der Waals surface area contributed by atoms with E-state index >= 15 is 0 Å². The van der Waals surface area contributed by atoms with Crippen LogP contribution in [0.1, 0.15) is 19.3 Å². The Morgan fingerprint density at radius 1 is 1.27 bits per heavy atom. The number of hydrogen-bond acceptors (Lipinski definition) is 3. The minimum atomic E-state index is -0.697. The molecule has 0 aromatic carbocycles. The third-order valence-electron chi connectivity index (χ3n) is 3.10. The van der Waals surface area contributed by atoms with Gasteiger partial charge in [0.2, 0.25) is 5.91 Å².